The number of carbonyl (C=O) groups is 1. The Morgan fingerprint density at radius 2 is 2.29 bits per heavy atom. The largest absolute Gasteiger partial charge is 0.480 e. The highest BCUT2D eigenvalue weighted by Crippen LogP contribution is 2.21. The van der Waals surface area contributed by atoms with Crippen molar-refractivity contribution in [2.75, 3.05) is 0 Å². The van der Waals surface area contributed by atoms with Gasteiger partial charge in [0.1, 0.15) is 11.9 Å². The Bertz CT molecular complexity index is 439. The van der Waals surface area contributed by atoms with Gasteiger partial charge in [-0.25, -0.2) is 4.39 Å². The highest BCUT2D eigenvalue weighted by atomic mass is 79.9. The molecule has 2 rings (SSSR count). The first-order valence-corrected chi connectivity index (χ1v) is 6.28. The van der Waals surface area contributed by atoms with Crippen LogP contribution in [0, 0.1) is 5.82 Å². The van der Waals surface area contributed by atoms with Crippen molar-refractivity contribution in [3.8, 4) is 0 Å². The molecule has 0 radical (unpaired) electrons. The van der Waals surface area contributed by atoms with E-state index in [0.717, 1.165) is 18.4 Å². The van der Waals surface area contributed by atoms with Crippen LogP contribution in [0.4, 0.5) is 4.39 Å². The van der Waals surface area contributed by atoms with Crippen molar-refractivity contribution in [1.29, 1.82) is 0 Å². The van der Waals surface area contributed by atoms with E-state index in [4.69, 9.17) is 5.11 Å². The highest BCUT2D eigenvalue weighted by Gasteiger charge is 2.28. The Morgan fingerprint density at radius 3 is 2.88 bits per heavy atom. The summed E-state index contributed by atoms with van der Waals surface area (Å²) in [6, 6.07) is 4.61. The van der Waals surface area contributed by atoms with Crippen LogP contribution in [0.15, 0.2) is 22.7 Å². The predicted octanol–water partition coefficient (Wildman–Crippen LogP) is 2.34. The third-order valence-corrected chi connectivity index (χ3v) is 3.61. The standard InChI is InChI=1S/C12H13BrFNO2/c13-9-6-7(1-3-10(9)14)5-8-2-4-11(15-8)12(16)17/h1,3,6,8,11,15H,2,4-5H2,(H,16,17). The quantitative estimate of drug-likeness (QED) is 0.901. The smallest absolute Gasteiger partial charge is 0.320 e. The minimum absolute atomic E-state index is 0.161. The molecule has 0 aliphatic carbocycles. The van der Waals surface area contributed by atoms with Gasteiger partial charge in [-0.1, -0.05) is 6.07 Å². The fourth-order valence-electron chi connectivity index (χ4n) is 2.13. The summed E-state index contributed by atoms with van der Waals surface area (Å²) in [5.41, 5.74) is 1.00. The fraction of sp³-hybridized carbons (Fsp3) is 0.417. The Balaban J connectivity index is 1.98. The van der Waals surface area contributed by atoms with Gasteiger partial charge in [-0.3, -0.25) is 4.79 Å². The van der Waals surface area contributed by atoms with E-state index in [1.54, 1.807) is 12.1 Å². The van der Waals surface area contributed by atoms with Crippen molar-refractivity contribution in [2.45, 2.75) is 31.3 Å². The second kappa shape index (κ2) is 5.14. The van der Waals surface area contributed by atoms with Crippen LogP contribution in [0.5, 0.6) is 0 Å². The molecule has 1 aromatic rings. The molecule has 2 atom stereocenters. The summed E-state index contributed by atoms with van der Waals surface area (Å²) in [6.07, 6.45) is 2.22. The zero-order valence-electron chi connectivity index (χ0n) is 9.12. The Kier molecular flexibility index (Phi) is 3.79. The van der Waals surface area contributed by atoms with E-state index in [9.17, 15) is 9.18 Å². The molecular formula is C12H13BrFNO2. The van der Waals surface area contributed by atoms with Gasteiger partial charge in [0.15, 0.2) is 0 Å². The third kappa shape index (κ3) is 3.04. The average Bonchev–Trinajstić information content (AvgIpc) is 2.72. The molecule has 2 unspecified atom stereocenters. The number of benzene rings is 1. The number of carboxylic acid groups (broad SMARTS) is 1. The summed E-state index contributed by atoms with van der Waals surface area (Å²) in [5, 5.41) is 11.9. The molecular weight excluding hydrogens is 289 g/mol. The summed E-state index contributed by atoms with van der Waals surface area (Å²) >= 11 is 3.14. The van der Waals surface area contributed by atoms with E-state index in [1.165, 1.54) is 6.07 Å². The van der Waals surface area contributed by atoms with Gasteiger partial charge in [-0.15, -0.1) is 0 Å². The van der Waals surface area contributed by atoms with E-state index >= 15 is 0 Å². The zero-order chi connectivity index (χ0) is 12.4. The van der Waals surface area contributed by atoms with Crippen molar-refractivity contribution in [1.82, 2.24) is 5.32 Å². The van der Waals surface area contributed by atoms with Gasteiger partial charge in [0, 0.05) is 6.04 Å². The molecule has 3 nitrogen and oxygen atoms in total. The topological polar surface area (TPSA) is 49.3 Å². The molecule has 0 amide bonds. The third-order valence-electron chi connectivity index (χ3n) is 3.00. The summed E-state index contributed by atoms with van der Waals surface area (Å²) in [4.78, 5) is 10.8. The Hall–Kier alpha value is -0.940. The minimum Gasteiger partial charge on any atom is -0.480 e. The molecule has 1 saturated heterocycles. The lowest BCUT2D eigenvalue weighted by Crippen LogP contribution is -2.36. The first-order chi connectivity index (χ1) is 8.06. The van der Waals surface area contributed by atoms with Gasteiger partial charge in [-0.2, -0.15) is 0 Å². The number of hydrogen-bond acceptors (Lipinski definition) is 2. The van der Waals surface area contributed by atoms with Crippen LogP contribution in [-0.4, -0.2) is 23.2 Å². The van der Waals surface area contributed by atoms with Crippen molar-refractivity contribution >= 4 is 21.9 Å². The van der Waals surface area contributed by atoms with Crippen molar-refractivity contribution in [2.24, 2.45) is 0 Å². The minimum atomic E-state index is -0.798. The van der Waals surface area contributed by atoms with Gasteiger partial charge in [0.25, 0.3) is 0 Å². The number of hydrogen-bond donors (Lipinski definition) is 2. The Morgan fingerprint density at radius 1 is 1.53 bits per heavy atom. The lowest BCUT2D eigenvalue weighted by Gasteiger charge is -2.12. The molecule has 2 N–H and O–H groups in total. The molecule has 0 aromatic heterocycles. The van der Waals surface area contributed by atoms with Gasteiger partial charge in [-0.05, 0) is 52.9 Å². The van der Waals surface area contributed by atoms with Crippen molar-refractivity contribution < 1.29 is 14.3 Å². The molecule has 0 bridgehead atoms. The number of nitrogens with one attached hydrogen (secondary N) is 1. The maximum absolute atomic E-state index is 13.0. The lowest BCUT2D eigenvalue weighted by molar-refractivity contribution is -0.139. The molecule has 1 aliphatic heterocycles. The SMILES string of the molecule is O=C(O)C1CCC(Cc2ccc(F)c(Br)c2)N1. The molecule has 17 heavy (non-hydrogen) atoms. The van der Waals surface area contributed by atoms with Gasteiger partial charge >= 0.3 is 5.97 Å². The number of aliphatic carboxylic acids is 1. The maximum atomic E-state index is 13.0. The van der Waals surface area contributed by atoms with Crippen LogP contribution >= 0.6 is 15.9 Å². The van der Waals surface area contributed by atoms with E-state index in [0.29, 0.717) is 10.9 Å². The van der Waals surface area contributed by atoms with Crippen molar-refractivity contribution in [3.05, 3.63) is 34.1 Å². The van der Waals surface area contributed by atoms with E-state index in [2.05, 4.69) is 21.2 Å². The molecule has 1 heterocycles. The van der Waals surface area contributed by atoms with Gasteiger partial charge in [0.2, 0.25) is 0 Å². The normalized spacial score (nSPS) is 23.9. The van der Waals surface area contributed by atoms with E-state index in [1.807, 2.05) is 0 Å². The van der Waals surface area contributed by atoms with Crippen LogP contribution in [0.25, 0.3) is 0 Å². The Labute approximate surface area is 107 Å². The monoisotopic (exact) mass is 301 g/mol. The molecule has 0 saturated carbocycles. The zero-order valence-corrected chi connectivity index (χ0v) is 10.7. The lowest BCUT2D eigenvalue weighted by atomic mass is 10.0. The fourth-order valence-corrected chi connectivity index (χ4v) is 2.55. The molecule has 1 fully saturated rings. The molecule has 0 spiro atoms. The molecule has 1 aliphatic rings. The maximum Gasteiger partial charge on any atom is 0.320 e. The van der Waals surface area contributed by atoms with Crippen LogP contribution < -0.4 is 5.32 Å². The number of rotatable bonds is 3. The summed E-state index contributed by atoms with van der Waals surface area (Å²) in [7, 11) is 0. The summed E-state index contributed by atoms with van der Waals surface area (Å²) in [6.45, 7) is 0. The second-order valence-electron chi connectivity index (χ2n) is 4.28. The van der Waals surface area contributed by atoms with E-state index < -0.39 is 12.0 Å². The van der Waals surface area contributed by atoms with Gasteiger partial charge in [0.05, 0.1) is 4.47 Å². The predicted molar refractivity (Wildman–Crippen MR) is 65.4 cm³/mol. The molecule has 5 heteroatoms. The average molecular weight is 302 g/mol. The van der Waals surface area contributed by atoms with E-state index in [-0.39, 0.29) is 11.9 Å². The first-order valence-electron chi connectivity index (χ1n) is 5.49. The van der Waals surface area contributed by atoms with Crippen LogP contribution in [0.1, 0.15) is 18.4 Å². The van der Waals surface area contributed by atoms with Crippen molar-refractivity contribution in [3.63, 3.8) is 0 Å². The highest BCUT2D eigenvalue weighted by molar-refractivity contribution is 9.10. The molecule has 1 aromatic carbocycles. The van der Waals surface area contributed by atoms with Crippen LogP contribution in [0.2, 0.25) is 0 Å². The number of carboxylic acids is 1. The number of halogens is 2. The van der Waals surface area contributed by atoms with Crippen LogP contribution in [0.3, 0.4) is 0 Å². The summed E-state index contributed by atoms with van der Waals surface area (Å²) < 4.78 is 13.5. The molecule has 92 valence electrons. The summed E-state index contributed by atoms with van der Waals surface area (Å²) in [5.74, 6) is -1.08. The first kappa shape index (κ1) is 12.5. The van der Waals surface area contributed by atoms with Gasteiger partial charge < -0.3 is 10.4 Å². The second-order valence-corrected chi connectivity index (χ2v) is 5.14. The van der Waals surface area contributed by atoms with Crippen LogP contribution in [-0.2, 0) is 11.2 Å².